The third-order valence-electron chi connectivity index (χ3n) is 3.53. The predicted octanol–water partition coefficient (Wildman–Crippen LogP) is 2.65. The van der Waals surface area contributed by atoms with Crippen LogP contribution in [-0.4, -0.2) is 40.8 Å². The van der Waals surface area contributed by atoms with Gasteiger partial charge in [-0.3, -0.25) is 4.72 Å². The Kier molecular flexibility index (Phi) is 6.60. The molecule has 7 nitrogen and oxygen atoms in total. The molecular formula is C17H23N3O4S. The van der Waals surface area contributed by atoms with Crippen LogP contribution in [0.4, 0.5) is 11.5 Å². The fourth-order valence-corrected chi connectivity index (χ4v) is 3.32. The highest BCUT2D eigenvalue weighted by Gasteiger charge is 2.16. The maximum Gasteiger partial charge on any atom is 0.263 e. The molecule has 0 bridgehead atoms. The van der Waals surface area contributed by atoms with Gasteiger partial charge in [-0.05, 0) is 49.2 Å². The van der Waals surface area contributed by atoms with Crippen LogP contribution in [-0.2, 0) is 14.8 Å². The fraction of sp³-hybridized carbons (Fsp3) is 0.353. The van der Waals surface area contributed by atoms with Crippen molar-refractivity contribution in [3.8, 4) is 5.75 Å². The van der Waals surface area contributed by atoms with E-state index < -0.39 is 10.0 Å². The van der Waals surface area contributed by atoms with Crippen molar-refractivity contribution in [2.45, 2.75) is 18.2 Å². The van der Waals surface area contributed by atoms with E-state index in [1.165, 1.54) is 6.07 Å². The summed E-state index contributed by atoms with van der Waals surface area (Å²) < 4.78 is 37.5. The van der Waals surface area contributed by atoms with E-state index in [4.69, 9.17) is 9.47 Å². The Morgan fingerprint density at radius 3 is 2.56 bits per heavy atom. The number of hydrogen-bond donors (Lipinski definition) is 2. The first-order chi connectivity index (χ1) is 12.0. The van der Waals surface area contributed by atoms with Crippen molar-refractivity contribution in [1.82, 2.24) is 4.98 Å². The second kappa shape index (κ2) is 8.68. The second-order valence-electron chi connectivity index (χ2n) is 5.44. The van der Waals surface area contributed by atoms with E-state index in [9.17, 15) is 8.42 Å². The number of nitrogens with zero attached hydrogens (tertiary/aromatic N) is 1. The minimum Gasteiger partial charge on any atom is -0.496 e. The topological polar surface area (TPSA) is 89.6 Å². The number of aromatic nitrogens is 1. The number of anilines is 2. The van der Waals surface area contributed by atoms with Crippen molar-refractivity contribution < 1.29 is 17.9 Å². The number of nitrogens with one attached hydrogen (secondary N) is 2. The molecule has 0 unspecified atom stereocenters. The van der Waals surface area contributed by atoms with Crippen molar-refractivity contribution in [2.75, 3.05) is 37.4 Å². The summed E-state index contributed by atoms with van der Waals surface area (Å²) in [7, 11) is -0.498. The molecule has 0 radical (unpaired) electrons. The fourth-order valence-electron chi connectivity index (χ4n) is 2.22. The van der Waals surface area contributed by atoms with Crippen LogP contribution < -0.4 is 14.8 Å². The van der Waals surface area contributed by atoms with Crippen LogP contribution in [0.3, 0.4) is 0 Å². The lowest BCUT2D eigenvalue weighted by Gasteiger charge is -2.11. The number of sulfonamides is 1. The third kappa shape index (κ3) is 5.33. The highest BCUT2D eigenvalue weighted by atomic mass is 32.2. The van der Waals surface area contributed by atoms with Crippen LogP contribution in [0.15, 0.2) is 41.4 Å². The van der Waals surface area contributed by atoms with Gasteiger partial charge in [0.1, 0.15) is 11.6 Å². The molecule has 0 atom stereocenters. The van der Waals surface area contributed by atoms with Crippen LogP contribution in [0.2, 0.25) is 0 Å². The molecule has 8 heteroatoms. The van der Waals surface area contributed by atoms with Gasteiger partial charge in [0.05, 0.1) is 23.9 Å². The molecule has 0 amide bonds. The minimum absolute atomic E-state index is 0.161. The normalized spacial score (nSPS) is 11.2. The van der Waals surface area contributed by atoms with Gasteiger partial charge in [-0.2, -0.15) is 0 Å². The van der Waals surface area contributed by atoms with Crippen LogP contribution in [0.25, 0.3) is 0 Å². The molecule has 1 aromatic carbocycles. The van der Waals surface area contributed by atoms with Crippen molar-refractivity contribution in [2.24, 2.45) is 0 Å². The number of pyridine rings is 1. The van der Waals surface area contributed by atoms with Gasteiger partial charge in [0.25, 0.3) is 10.0 Å². The zero-order valence-corrected chi connectivity index (χ0v) is 15.4. The van der Waals surface area contributed by atoms with E-state index in [1.54, 1.807) is 51.6 Å². The summed E-state index contributed by atoms with van der Waals surface area (Å²) in [5.41, 5.74) is 1.56. The van der Waals surface area contributed by atoms with Crippen molar-refractivity contribution in [3.63, 3.8) is 0 Å². The smallest absolute Gasteiger partial charge is 0.263 e. The van der Waals surface area contributed by atoms with Gasteiger partial charge < -0.3 is 14.8 Å². The van der Waals surface area contributed by atoms with Crippen LogP contribution in [0, 0.1) is 6.92 Å². The highest BCUT2D eigenvalue weighted by molar-refractivity contribution is 7.92. The largest absolute Gasteiger partial charge is 0.496 e. The maximum atomic E-state index is 12.5. The molecule has 0 aliphatic heterocycles. The lowest BCUT2D eigenvalue weighted by Crippen LogP contribution is -2.14. The van der Waals surface area contributed by atoms with Crippen molar-refractivity contribution in [3.05, 3.63) is 42.1 Å². The zero-order chi connectivity index (χ0) is 18.3. The Hall–Kier alpha value is -2.32. The maximum absolute atomic E-state index is 12.5. The summed E-state index contributed by atoms with van der Waals surface area (Å²) in [5.74, 6) is 0.900. The molecule has 2 rings (SSSR count). The lowest BCUT2D eigenvalue weighted by atomic mass is 10.2. The number of methoxy groups -OCH3 is 2. The number of hydrogen-bond acceptors (Lipinski definition) is 6. The summed E-state index contributed by atoms with van der Waals surface area (Å²) >= 11 is 0. The lowest BCUT2D eigenvalue weighted by molar-refractivity contribution is 0.198. The molecule has 1 heterocycles. The van der Waals surface area contributed by atoms with Crippen molar-refractivity contribution in [1.29, 1.82) is 0 Å². The Balaban J connectivity index is 2.04. The standard InChI is InChI=1S/C17H23N3O4S/c1-13-11-15(6-7-16(13)24-3)25(21,22)20-17-8-5-14(12-19-17)18-9-4-10-23-2/h5-8,11-12,18H,4,9-10H2,1-3H3,(H,19,20). The Morgan fingerprint density at radius 2 is 1.96 bits per heavy atom. The number of benzene rings is 1. The average molecular weight is 365 g/mol. The van der Waals surface area contributed by atoms with Gasteiger partial charge in [-0.1, -0.05) is 0 Å². The second-order valence-corrected chi connectivity index (χ2v) is 7.12. The molecule has 0 saturated carbocycles. The van der Waals surface area contributed by atoms with Gasteiger partial charge in [-0.15, -0.1) is 0 Å². The van der Waals surface area contributed by atoms with E-state index in [2.05, 4.69) is 15.0 Å². The Labute approximate surface area is 148 Å². The molecule has 0 aliphatic rings. The zero-order valence-electron chi connectivity index (χ0n) is 14.6. The quantitative estimate of drug-likeness (QED) is 0.664. The Bertz CT molecular complexity index is 792. The molecule has 0 aliphatic carbocycles. The monoisotopic (exact) mass is 365 g/mol. The molecular weight excluding hydrogens is 342 g/mol. The third-order valence-corrected chi connectivity index (χ3v) is 4.89. The summed E-state index contributed by atoms with van der Waals surface area (Å²) in [5, 5.41) is 3.19. The minimum atomic E-state index is -3.70. The van der Waals surface area contributed by atoms with E-state index in [1.807, 2.05) is 0 Å². The molecule has 1 aromatic heterocycles. The number of aryl methyl sites for hydroxylation is 1. The number of ether oxygens (including phenoxy) is 2. The average Bonchev–Trinajstić information content (AvgIpc) is 2.60. The molecule has 0 fully saturated rings. The summed E-state index contributed by atoms with van der Waals surface area (Å²) in [4.78, 5) is 4.30. The summed E-state index contributed by atoms with van der Waals surface area (Å²) in [6, 6.07) is 8.08. The molecule has 0 saturated heterocycles. The van der Waals surface area contributed by atoms with E-state index in [0.29, 0.717) is 12.4 Å². The molecule has 0 spiro atoms. The molecule has 2 N–H and O–H groups in total. The van der Waals surface area contributed by atoms with Crippen molar-refractivity contribution >= 4 is 21.5 Å². The van der Waals surface area contributed by atoms with E-state index in [0.717, 1.165) is 24.2 Å². The van der Waals surface area contributed by atoms with Gasteiger partial charge >= 0.3 is 0 Å². The van der Waals surface area contributed by atoms with Crippen LogP contribution >= 0.6 is 0 Å². The summed E-state index contributed by atoms with van der Waals surface area (Å²) in [6.45, 7) is 3.23. The van der Waals surface area contributed by atoms with E-state index >= 15 is 0 Å². The predicted molar refractivity (Wildman–Crippen MR) is 97.8 cm³/mol. The summed E-state index contributed by atoms with van der Waals surface area (Å²) in [6.07, 6.45) is 2.46. The van der Waals surface area contributed by atoms with Gasteiger partial charge in [-0.25, -0.2) is 13.4 Å². The SMILES string of the molecule is COCCCNc1ccc(NS(=O)(=O)c2ccc(OC)c(C)c2)nc1. The first-order valence-electron chi connectivity index (χ1n) is 7.82. The molecule has 136 valence electrons. The Morgan fingerprint density at radius 1 is 1.16 bits per heavy atom. The molecule has 25 heavy (non-hydrogen) atoms. The number of rotatable bonds is 9. The van der Waals surface area contributed by atoms with Crippen LogP contribution in [0.1, 0.15) is 12.0 Å². The first-order valence-corrected chi connectivity index (χ1v) is 9.31. The first kappa shape index (κ1) is 19.0. The van der Waals surface area contributed by atoms with Crippen LogP contribution in [0.5, 0.6) is 5.75 Å². The molecule has 2 aromatic rings. The van der Waals surface area contributed by atoms with Gasteiger partial charge in [0, 0.05) is 20.3 Å². The van der Waals surface area contributed by atoms with E-state index in [-0.39, 0.29) is 10.7 Å². The van der Waals surface area contributed by atoms with Gasteiger partial charge in [0.2, 0.25) is 0 Å². The van der Waals surface area contributed by atoms with Gasteiger partial charge in [0.15, 0.2) is 0 Å². The highest BCUT2D eigenvalue weighted by Crippen LogP contribution is 2.23.